The van der Waals surface area contributed by atoms with E-state index in [0.717, 1.165) is 0 Å². The number of carbonyl (C=O) groups excluding carboxylic acids is 2. The molecule has 1 unspecified atom stereocenters. The molecule has 0 aliphatic rings. The summed E-state index contributed by atoms with van der Waals surface area (Å²) in [5.74, 6) is -1.44. The van der Waals surface area contributed by atoms with Gasteiger partial charge in [-0.05, 0) is 37.6 Å². The second-order valence-electron chi connectivity index (χ2n) is 3.56. The van der Waals surface area contributed by atoms with E-state index in [-0.39, 0.29) is 5.82 Å². The third-order valence-electron chi connectivity index (χ3n) is 2.19. The highest BCUT2D eigenvalue weighted by molar-refractivity contribution is 5.97. The third-order valence-corrected chi connectivity index (χ3v) is 2.19. The quantitative estimate of drug-likeness (QED) is 0.794. The lowest BCUT2D eigenvalue weighted by Crippen LogP contribution is -2.42. The van der Waals surface area contributed by atoms with E-state index in [1.807, 2.05) is 0 Å². The van der Waals surface area contributed by atoms with E-state index in [1.165, 1.54) is 25.1 Å². The van der Waals surface area contributed by atoms with Gasteiger partial charge in [0.25, 0.3) is 5.91 Å². The van der Waals surface area contributed by atoms with E-state index < -0.39 is 17.9 Å². The maximum atomic E-state index is 12.9. The van der Waals surface area contributed by atoms with Gasteiger partial charge < -0.3 is 11.1 Å². The number of nitrogens with one attached hydrogen (secondary N) is 1. The predicted octanol–water partition coefficient (Wildman–Crippen LogP) is 0.738. The molecular formula is C11H13FN2O2. The Kier molecular flexibility index (Phi) is 3.60. The summed E-state index contributed by atoms with van der Waals surface area (Å²) in [7, 11) is 0. The zero-order valence-electron chi connectivity index (χ0n) is 9.08. The van der Waals surface area contributed by atoms with Crippen molar-refractivity contribution in [1.82, 2.24) is 5.32 Å². The molecule has 16 heavy (non-hydrogen) atoms. The molecule has 0 radical (unpaired) electrons. The molecule has 0 aliphatic heterocycles. The minimum Gasteiger partial charge on any atom is -0.368 e. The van der Waals surface area contributed by atoms with Gasteiger partial charge in [0.05, 0.1) is 0 Å². The molecule has 0 spiro atoms. The molecule has 0 aliphatic carbocycles. The van der Waals surface area contributed by atoms with E-state index in [1.54, 1.807) is 6.92 Å². The van der Waals surface area contributed by atoms with Crippen LogP contribution in [-0.2, 0) is 4.79 Å². The number of nitrogens with two attached hydrogens (primary N) is 1. The molecule has 4 nitrogen and oxygen atoms in total. The van der Waals surface area contributed by atoms with Crippen molar-refractivity contribution < 1.29 is 14.0 Å². The second kappa shape index (κ2) is 4.74. The molecule has 1 atom stereocenters. The van der Waals surface area contributed by atoms with Crippen LogP contribution in [0.5, 0.6) is 0 Å². The standard InChI is InChI=1S/C11H13FN2O2/c1-6-5-8(3-4-9(6)12)11(16)14-7(2)10(13)15/h3-5,7H,1-2H3,(H2,13,15)(H,14,16). The minimum absolute atomic E-state index is 0.298. The fraction of sp³-hybridized carbons (Fsp3) is 0.273. The Hall–Kier alpha value is -1.91. The molecule has 1 rings (SSSR count). The monoisotopic (exact) mass is 224 g/mol. The zero-order valence-corrected chi connectivity index (χ0v) is 9.08. The normalized spacial score (nSPS) is 11.9. The summed E-state index contributed by atoms with van der Waals surface area (Å²) in [5.41, 5.74) is 5.68. The SMILES string of the molecule is Cc1cc(C(=O)NC(C)C(N)=O)ccc1F. The summed E-state index contributed by atoms with van der Waals surface area (Å²) < 4.78 is 12.9. The smallest absolute Gasteiger partial charge is 0.251 e. The number of primary amides is 1. The van der Waals surface area contributed by atoms with Crippen molar-refractivity contribution in [2.24, 2.45) is 5.73 Å². The van der Waals surface area contributed by atoms with Crippen LogP contribution in [0.2, 0.25) is 0 Å². The number of rotatable bonds is 3. The van der Waals surface area contributed by atoms with Crippen LogP contribution in [0.3, 0.4) is 0 Å². The van der Waals surface area contributed by atoms with Crippen LogP contribution in [0.25, 0.3) is 0 Å². The first-order valence-electron chi connectivity index (χ1n) is 4.78. The molecule has 0 heterocycles. The number of aryl methyl sites for hydroxylation is 1. The Morgan fingerprint density at radius 3 is 2.56 bits per heavy atom. The summed E-state index contributed by atoms with van der Waals surface area (Å²) in [6.07, 6.45) is 0. The molecular weight excluding hydrogens is 211 g/mol. The molecule has 0 bridgehead atoms. The maximum absolute atomic E-state index is 12.9. The first-order valence-corrected chi connectivity index (χ1v) is 4.78. The first kappa shape index (κ1) is 12.2. The number of benzene rings is 1. The van der Waals surface area contributed by atoms with Gasteiger partial charge in [-0.1, -0.05) is 0 Å². The summed E-state index contributed by atoms with van der Waals surface area (Å²) in [6, 6.07) is 3.22. The van der Waals surface area contributed by atoms with Crippen LogP contribution in [0.1, 0.15) is 22.8 Å². The fourth-order valence-corrected chi connectivity index (χ4v) is 1.14. The Bertz CT molecular complexity index is 432. The Morgan fingerprint density at radius 1 is 1.44 bits per heavy atom. The van der Waals surface area contributed by atoms with E-state index >= 15 is 0 Å². The largest absolute Gasteiger partial charge is 0.368 e. The van der Waals surface area contributed by atoms with Gasteiger partial charge in [0.15, 0.2) is 0 Å². The molecule has 5 heteroatoms. The molecule has 0 aromatic heterocycles. The first-order chi connectivity index (χ1) is 7.41. The van der Waals surface area contributed by atoms with Crippen LogP contribution >= 0.6 is 0 Å². The highest BCUT2D eigenvalue weighted by atomic mass is 19.1. The van der Waals surface area contributed by atoms with Gasteiger partial charge in [0.2, 0.25) is 5.91 Å². The molecule has 86 valence electrons. The average molecular weight is 224 g/mol. The van der Waals surface area contributed by atoms with E-state index in [9.17, 15) is 14.0 Å². The molecule has 0 saturated carbocycles. The van der Waals surface area contributed by atoms with Crippen molar-refractivity contribution in [3.8, 4) is 0 Å². The number of carbonyl (C=O) groups is 2. The molecule has 1 aromatic rings. The summed E-state index contributed by atoms with van der Waals surface area (Å²) >= 11 is 0. The summed E-state index contributed by atoms with van der Waals surface area (Å²) in [4.78, 5) is 22.3. The summed E-state index contributed by atoms with van der Waals surface area (Å²) in [5, 5.41) is 2.41. The highest BCUT2D eigenvalue weighted by Crippen LogP contribution is 2.09. The molecule has 0 saturated heterocycles. The van der Waals surface area contributed by atoms with Gasteiger partial charge in [-0.15, -0.1) is 0 Å². The van der Waals surface area contributed by atoms with Crippen molar-refractivity contribution >= 4 is 11.8 Å². The number of amides is 2. The average Bonchev–Trinajstić information content (AvgIpc) is 2.21. The van der Waals surface area contributed by atoms with E-state index in [4.69, 9.17) is 5.73 Å². The topological polar surface area (TPSA) is 72.2 Å². The number of halogens is 1. The van der Waals surface area contributed by atoms with Gasteiger partial charge >= 0.3 is 0 Å². The number of hydrogen-bond acceptors (Lipinski definition) is 2. The van der Waals surface area contributed by atoms with Crippen LogP contribution in [-0.4, -0.2) is 17.9 Å². The van der Waals surface area contributed by atoms with Crippen molar-refractivity contribution in [2.75, 3.05) is 0 Å². The summed E-state index contributed by atoms with van der Waals surface area (Å²) in [6.45, 7) is 3.04. The van der Waals surface area contributed by atoms with Crippen molar-refractivity contribution in [2.45, 2.75) is 19.9 Å². The number of hydrogen-bond donors (Lipinski definition) is 2. The molecule has 0 fully saturated rings. The van der Waals surface area contributed by atoms with Gasteiger partial charge in [0, 0.05) is 5.56 Å². The lowest BCUT2D eigenvalue weighted by atomic mass is 10.1. The van der Waals surface area contributed by atoms with Crippen LogP contribution in [0.15, 0.2) is 18.2 Å². The van der Waals surface area contributed by atoms with Gasteiger partial charge in [-0.25, -0.2) is 4.39 Å². The predicted molar refractivity (Wildman–Crippen MR) is 57.3 cm³/mol. The lowest BCUT2D eigenvalue weighted by Gasteiger charge is -2.10. The van der Waals surface area contributed by atoms with Crippen LogP contribution < -0.4 is 11.1 Å². The molecule has 1 aromatic carbocycles. The van der Waals surface area contributed by atoms with Gasteiger partial charge in [-0.2, -0.15) is 0 Å². The van der Waals surface area contributed by atoms with Crippen molar-refractivity contribution in [3.05, 3.63) is 35.1 Å². The molecule has 2 amide bonds. The fourth-order valence-electron chi connectivity index (χ4n) is 1.14. The maximum Gasteiger partial charge on any atom is 0.251 e. The van der Waals surface area contributed by atoms with Gasteiger partial charge in [0.1, 0.15) is 11.9 Å². The van der Waals surface area contributed by atoms with E-state index in [0.29, 0.717) is 11.1 Å². The lowest BCUT2D eigenvalue weighted by molar-refractivity contribution is -0.119. The van der Waals surface area contributed by atoms with Gasteiger partial charge in [-0.3, -0.25) is 9.59 Å². The van der Waals surface area contributed by atoms with Crippen molar-refractivity contribution in [3.63, 3.8) is 0 Å². The Morgan fingerprint density at radius 2 is 2.06 bits per heavy atom. The van der Waals surface area contributed by atoms with Crippen LogP contribution in [0.4, 0.5) is 4.39 Å². The van der Waals surface area contributed by atoms with E-state index in [2.05, 4.69) is 5.32 Å². The Labute approximate surface area is 92.6 Å². The van der Waals surface area contributed by atoms with Crippen molar-refractivity contribution in [1.29, 1.82) is 0 Å². The Balaban J connectivity index is 2.81. The second-order valence-corrected chi connectivity index (χ2v) is 3.56. The molecule has 3 N–H and O–H groups in total. The minimum atomic E-state index is -0.752. The zero-order chi connectivity index (χ0) is 12.3. The third kappa shape index (κ3) is 2.79. The highest BCUT2D eigenvalue weighted by Gasteiger charge is 2.14. The van der Waals surface area contributed by atoms with Crippen LogP contribution in [0, 0.1) is 12.7 Å².